The van der Waals surface area contributed by atoms with Crippen LogP contribution in [0.25, 0.3) is 0 Å². The monoisotopic (exact) mass is 226 g/mol. The fourth-order valence-corrected chi connectivity index (χ4v) is 0.743. The number of rotatable bonds is 5. The normalized spacial score (nSPS) is 10.9. The van der Waals surface area contributed by atoms with Crippen molar-refractivity contribution in [2.75, 3.05) is 13.1 Å². The van der Waals surface area contributed by atoms with E-state index in [0.29, 0.717) is 6.42 Å². The maximum atomic E-state index is 11.7. The lowest BCUT2D eigenvalue weighted by Crippen LogP contribution is -2.38. The highest BCUT2D eigenvalue weighted by molar-refractivity contribution is 5.81. The van der Waals surface area contributed by atoms with Crippen molar-refractivity contribution in [1.82, 2.24) is 10.6 Å². The van der Waals surface area contributed by atoms with E-state index in [-0.39, 0.29) is 25.4 Å². The van der Waals surface area contributed by atoms with E-state index in [9.17, 15) is 22.8 Å². The minimum atomic E-state index is -4.84. The van der Waals surface area contributed by atoms with Gasteiger partial charge in [-0.25, -0.2) is 0 Å². The van der Waals surface area contributed by atoms with Crippen molar-refractivity contribution < 1.29 is 22.8 Å². The summed E-state index contributed by atoms with van der Waals surface area (Å²) in [5.41, 5.74) is 0. The van der Waals surface area contributed by atoms with E-state index >= 15 is 0 Å². The number of carbonyl (C=O) groups is 2. The molecule has 0 saturated carbocycles. The van der Waals surface area contributed by atoms with Crippen molar-refractivity contribution in [3.05, 3.63) is 0 Å². The molecule has 0 bridgehead atoms. The first-order valence-corrected chi connectivity index (χ1v) is 4.49. The van der Waals surface area contributed by atoms with Gasteiger partial charge in [-0.3, -0.25) is 9.59 Å². The summed E-state index contributed by atoms with van der Waals surface area (Å²) in [6, 6.07) is 0. The maximum Gasteiger partial charge on any atom is 0.471 e. The van der Waals surface area contributed by atoms with Gasteiger partial charge < -0.3 is 10.6 Å². The average Bonchev–Trinajstić information content (AvgIpc) is 2.15. The van der Waals surface area contributed by atoms with Gasteiger partial charge in [-0.2, -0.15) is 13.2 Å². The summed E-state index contributed by atoms with van der Waals surface area (Å²) in [7, 11) is 0. The van der Waals surface area contributed by atoms with E-state index in [2.05, 4.69) is 5.32 Å². The summed E-state index contributed by atoms with van der Waals surface area (Å²) in [6.45, 7) is 1.81. The molecule has 0 atom stereocenters. The Morgan fingerprint density at radius 2 is 1.67 bits per heavy atom. The molecule has 2 N–H and O–H groups in total. The summed E-state index contributed by atoms with van der Waals surface area (Å²) >= 11 is 0. The van der Waals surface area contributed by atoms with E-state index in [1.165, 1.54) is 0 Å². The first-order valence-electron chi connectivity index (χ1n) is 4.49. The lowest BCUT2D eigenvalue weighted by atomic mass is 10.4. The molecule has 4 nitrogen and oxygen atoms in total. The molecular formula is C8H13F3N2O2. The van der Waals surface area contributed by atoms with Crippen LogP contribution in [0.3, 0.4) is 0 Å². The van der Waals surface area contributed by atoms with Gasteiger partial charge in [0.2, 0.25) is 5.91 Å². The first-order chi connectivity index (χ1) is 6.88. The van der Waals surface area contributed by atoms with Crippen LogP contribution in [0.2, 0.25) is 0 Å². The molecule has 0 saturated heterocycles. The van der Waals surface area contributed by atoms with E-state index in [1.807, 2.05) is 0 Å². The first kappa shape index (κ1) is 13.7. The zero-order valence-electron chi connectivity index (χ0n) is 8.28. The van der Waals surface area contributed by atoms with Gasteiger partial charge in [0.05, 0.1) is 0 Å². The molecule has 0 aliphatic rings. The summed E-state index contributed by atoms with van der Waals surface area (Å²) < 4.78 is 35.0. The molecular weight excluding hydrogens is 213 g/mol. The molecule has 0 spiro atoms. The topological polar surface area (TPSA) is 58.2 Å². The van der Waals surface area contributed by atoms with Crippen LogP contribution in [-0.2, 0) is 9.59 Å². The van der Waals surface area contributed by atoms with Crippen LogP contribution in [0, 0.1) is 0 Å². The van der Waals surface area contributed by atoms with Gasteiger partial charge in [0.25, 0.3) is 0 Å². The minimum Gasteiger partial charge on any atom is -0.356 e. The quantitative estimate of drug-likeness (QED) is 0.674. The highest BCUT2D eigenvalue weighted by Gasteiger charge is 2.38. The Balaban J connectivity index is 3.48. The van der Waals surface area contributed by atoms with Crippen molar-refractivity contribution in [3.8, 4) is 0 Å². The smallest absolute Gasteiger partial charge is 0.356 e. The number of hydrogen-bond donors (Lipinski definition) is 2. The molecule has 0 aromatic heterocycles. The van der Waals surface area contributed by atoms with E-state index in [4.69, 9.17) is 0 Å². The van der Waals surface area contributed by atoms with E-state index in [1.54, 1.807) is 12.2 Å². The predicted molar refractivity (Wildman–Crippen MR) is 47.0 cm³/mol. The second-order valence-electron chi connectivity index (χ2n) is 2.81. The Morgan fingerprint density at radius 1 is 1.13 bits per heavy atom. The second-order valence-corrected chi connectivity index (χ2v) is 2.81. The highest BCUT2D eigenvalue weighted by Crippen LogP contribution is 2.13. The molecule has 0 aliphatic carbocycles. The van der Waals surface area contributed by atoms with Gasteiger partial charge in [-0.1, -0.05) is 6.92 Å². The Bertz CT molecular complexity index is 228. The van der Waals surface area contributed by atoms with Gasteiger partial charge >= 0.3 is 12.1 Å². The number of amides is 2. The number of hydrogen-bond acceptors (Lipinski definition) is 2. The Labute approximate surface area is 85.2 Å². The van der Waals surface area contributed by atoms with Gasteiger partial charge in [-0.05, 0) is 6.42 Å². The third-order valence-corrected chi connectivity index (χ3v) is 1.54. The van der Waals surface area contributed by atoms with Crippen LogP contribution in [0.5, 0.6) is 0 Å². The van der Waals surface area contributed by atoms with Gasteiger partial charge in [0.15, 0.2) is 0 Å². The second kappa shape index (κ2) is 6.26. The van der Waals surface area contributed by atoms with Crippen molar-refractivity contribution in [3.63, 3.8) is 0 Å². The van der Waals surface area contributed by atoms with Crippen LogP contribution in [0.1, 0.15) is 19.8 Å². The van der Waals surface area contributed by atoms with Gasteiger partial charge in [0, 0.05) is 19.5 Å². The minimum absolute atomic E-state index is 0.109. The van der Waals surface area contributed by atoms with E-state index in [0.717, 1.165) is 0 Å². The lowest BCUT2D eigenvalue weighted by Gasteiger charge is -2.07. The standard InChI is InChI=1S/C8H13F3N2O2/c1-2-6(14)12-4-3-5-13-7(15)8(9,10)11/h2-5H2,1H3,(H,12,14)(H,13,15). The number of alkyl halides is 3. The fraction of sp³-hybridized carbons (Fsp3) is 0.750. The van der Waals surface area contributed by atoms with Crippen LogP contribution in [0.4, 0.5) is 13.2 Å². The van der Waals surface area contributed by atoms with Crippen molar-refractivity contribution in [1.29, 1.82) is 0 Å². The van der Waals surface area contributed by atoms with Crippen LogP contribution < -0.4 is 10.6 Å². The average molecular weight is 226 g/mol. The molecule has 7 heteroatoms. The maximum absolute atomic E-state index is 11.7. The van der Waals surface area contributed by atoms with Crippen molar-refractivity contribution >= 4 is 11.8 Å². The zero-order chi connectivity index (χ0) is 11.9. The third-order valence-electron chi connectivity index (χ3n) is 1.54. The Hall–Kier alpha value is -1.27. The molecule has 15 heavy (non-hydrogen) atoms. The summed E-state index contributed by atoms with van der Waals surface area (Å²) in [4.78, 5) is 21.0. The summed E-state index contributed by atoms with van der Waals surface area (Å²) in [5.74, 6) is -2.12. The van der Waals surface area contributed by atoms with Gasteiger partial charge in [-0.15, -0.1) is 0 Å². The van der Waals surface area contributed by atoms with E-state index < -0.39 is 12.1 Å². The molecule has 0 aliphatic heterocycles. The largest absolute Gasteiger partial charge is 0.471 e. The molecule has 2 amide bonds. The third kappa shape index (κ3) is 6.75. The van der Waals surface area contributed by atoms with Crippen molar-refractivity contribution in [2.24, 2.45) is 0 Å². The summed E-state index contributed by atoms with van der Waals surface area (Å²) in [6.07, 6.45) is -4.24. The highest BCUT2D eigenvalue weighted by atomic mass is 19.4. The Kier molecular flexibility index (Phi) is 5.73. The zero-order valence-corrected chi connectivity index (χ0v) is 8.28. The predicted octanol–water partition coefficient (Wildman–Crippen LogP) is 0.581. The Morgan fingerprint density at radius 3 is 2.13 bits per heavy atom. The fourth-order valence-electron chi connectivity index (χ4n) is 0.743. The molecule has 0 heterocycles. The molecule has 0 rings (SSSR count). The number of nitrogens with one attached hydrogen (secondary N) is 2. The van der Waals surface area contributed by atoms with Crippen molar-refractivity contribution in [2.45, 2.75) is 25.9 Å². The number of halogens is 3. The number of carbonyl (C=O) groups excluding carboxylic acids is 2. The summed E-state index contributed by atoms with van der Waals surface area (Å²) in [5, 5.41) is 4.17. The molecule has 0 aromatic carbocycles. The molecule has 0 fully saturated rings. The van der Waals surface area contributed by atoms with Crippen LogP contribution in [-0.4, -0.2) is 31.1 Å². The molecule has 88 valence electrons. The van der Waals surface area contributed by atoms with Crippen LogP contribution in [0.15, 0.2) is 0 Å². The molecule has 0 aromatic rings. The SMILES string of the molecule is CCC(=O)NCCCNC(=O)C(F)(F)F. The molecule has 0 unspecified atom stereocenters. The molecule has 0 radical (unpaired) electrons. The van der Waals surface area contributed by atoms with Crippen LogP contribution >= 0.6 is 0 Å². The lowest BCUT2D eigenvalue weighted by molar-refractivity contribution is -0.173. The van der Waals surface area contributed by atoms with Gasteiger partial charge in [0.1, 0.15) is 0 Å².